The highest BCUT2D eigenvalue weighted by Crippen LogP contribution is 2.41. The zero-order valence-electron chi connectivity index (χ0n) is 45.8. The van der Waals surface area contributed by atoms with Crippen molar-refractivity contribution in [2.45, 2.75) is 102 Å². The number of aromatic nitrogens is 8. The highest BCUT2D eigenvalue weighted by Gasteiger charge is 2.38. The number of hydrogen-bond donors (Lipinski definition) is 3. The molecule has 0 bridgehead atoms. The van der Waals surface area contributed by atoms with E-state index in [-0.39, 0.29) is 78.3 Å². The SMILES string of the molecule is CC(C)(C)OC(=O)N1CCN(c2cnc(N)cc2C(F)(F)F)CC1.CN(C)C(=O)c1cc2cnc(Cl)nc2n1C1CCCC1.CN(C)C(=O)c1cc2cnc(Nc3cc(C(F)(F)F)c(N4CCNCC4)cn3)nc2n1C1CCCC1. The molecule has 6 aromatic heterocycles. The molecule has 4 N–H and O–H groups in total. The standard InChI is InChI=1S/C24H29F3N8O.C15H21F3N4O2.C14H17ClN4O/c1-33(2)22(36)18-11-15-13-30-23(32-21(15)35(18)16-5-3-4-6-16)31-20-12-17(24(25,26)27)19(14-29-20)34-9-7-28-8-10-34;1-14(2,3)24-13(23)22-6-4-21(5-7-22)11-9-20-12(19)8-10(11)15(16,17)18;1-18(2)13(20)11-7-9-8-16-14(15)17-12(9)19(11)10-5-3-4-6-10/h11-14,16,28H,3-10H2,1-2H3,(H,29,30,31,32);8-9H,4-7H2,1-3H3,(H2,19,20);7-8,10H,3-6H2,1-2H3. The van der Waals surface area contributed by atoms with Gasteiger partial charge >= 0.3 is 18.4 Å². The third-order valence-electron chi connectivity index (χ3n) is 14.1. The van der Waals surface area contributed by atoms with E-state index in [9.17, 15) is 40.7 Å². The highest BCUT2D eigenvalue weighted by molar-refractivity contribution is 6.28. The lowest BCUT2D eigenvalue weighted by molar-refractivity contribution is -0.138. The molecule has 0 aromatic carbocycles. The van der Waals surface area contributed by atoms with Gasteiger partial charge in [0.1, 0.15) is 39.9 Å². The quantitative estimate of drug-likeness (QED) is 0.0956. The number of nitrogens with zero attached hydrogens (tertiary/aromatic N) is 13. The average molecular weight is 1140 g/mol. The Bertz CT molecular complexity index is 3170. The van der Waals surface area contributed by atoms with E-state index in [1.54, 1.807) is 82.1 Å². The van der Waals surface area contributed by atoms with Crippen LogP contribution in [0.5, 0.6) is 0 Å². The van der Waals surface area contributed by atoms with Gasteiger partial charge in [-0.3, -0.25) is 9.59 Å². The van der Waals surface area contributed by atoms with Gasteiger partial charge in [0.15, 0.2) is 0 Å². The fourth-order valence-corrected chi connectivity index (χ4v) is 10.5. The summed E-state index contributed by atoms with van der Waals surface area (Å²) in [7, 11) is 6.92. The number of alkyl halides is 6. The molecule has 3 amide bonds. The summed E-state index contributed by atoms with van der Waals surface area (Å²) >= 11 is 5.92. The minimum absolute atomic E-state index is 0.00382. The largest absolute Gasteiger partial charge is 0.444 e. The topological polar surface area (TPSA) is 214 Å². The van der Waals surface area contributed by atoms with E-state index in [4.69, 9.17) is 22.1 Å². The monoisotopic (exact) mass is 1140 g/mol. The van der Waals surface area contributed by atoms with Gasteiger partial charge in [-0.1, -0.05) is 25.7 Å². The predicted molar refractivity (Wildman–Crippen MR) is 292 cm³/mol. The number of nitrogens with two attached hydrogens (primary N) is 1. The number of amides is 3. The number of hydrogen-bond acceptors (Lipinski definition) is 15. The van der Waals surface area contributed by atoms with Crippen LogP contribution in [0.3, 0.4) is 0 Å². The molecule has 2 saturated heterocycles. The van der Waals surface area contributed by atoms with Crippen LogP contribution in [0, 0.1) is 0 Å². The van der Waals surface area contributed by atoms with Crippen LogP contribution < -0.4 is 26.2 Å². The van der Waals surface area contributed by atoms with E-state index in [0.29, 0.717) is 54.6 Å². The zero-order chi connectivity index (χ0) is 57.8. The number of fused-ring (bicyclic) bond motifs is 2. The molecule has 432 valence electrons. The van der Waals surface area contributed by atoms with Crippen LogP contribution in [-0.4, -0.2) is 158 Å². The van der Waals surface area contributed by atoms with Gasteiger partial charge in [-0.25, -0.2) is 24.7 Å². The van der Waals surface area contributed by atoms with Crippen molar-refractivity contribution in [3.63, 3.8) is 0 Å². The van der Waals surface area contributed by atoms with Crippen LogP contribution in [0.1, 0.15) is 116 Å². The number of pyridine rings is 2. The number of halogens is 7. The Balaban J connectivity index is 0.000000166. The number of rotatable bonds is 8. The average Bonchev–Trinajstić information content (AvgIpc) is 4.26. The maximum absolute atomic E-state index is 13.9. The third kappa shape index (κ3) is 13.8. The Kier molecular flexibility index (Phi) is 17.9. The van der Waals surface area contributed by atoms with Crippen LogP contribution in [0.25, 0.3) is 22.1 Å². The number of ether oxygens (including phenoxy) is 1. The molecule has 2 aliphatic carbocycles. The van der Waals surface area contributed by atoms with E-state index >= 15 is 0 Å². The Morgan fingerprint density at radius 2 is 1.12 bits per heavy atom. The number of piperazine rings is 2. The first-order chi connectivity index (χ1) is 37.8. The van der Waals surface area contributed by atoms with E-state index in [1.165, 1.54) is 28.8 Å². The number of carbonyl (C=O) groups is 3. The van der Waals surface area contributed by atoms with Gasteiger partial charge in [0, 0.05) is 116 Å². The molecule has 0 unspecified atom stereocenters. The molecule has 27 heteroatoms. The predicted octanol–water partition coefficient (Wildman–Crippen LogP) is 9.46. The second-order valence-electron chi connectivity index (χ2n) is 21.5. The lowest BCUT2D eigenvalue weighted by Crippen LogP contribution is -2.50. The Morgan fingerprint density at radius 1 is 0.650 bits per heavy atom. The molecule has 2 aliphatic heterocycles. The van der Waals surface area contributed by atoms with Crippen LogP contribution in [0.4, 0.5) is 60.1 Å². The van der Waals surface area contributed by atoms with Gasteiger partial charge < -0.3 is 54.7 Å². The summed E-state index contributed by atoms with van der Waals surface area (Å²) in [5, 5.41) is 7.78. The second kappa shape index (κ2) is 24.2. The molecule has 0 spiro atoms. The van der Waals surface area contributed by atoms with Gasteiger partial charge in [0.2, 0.25) is 11.2 Å². The minimum Gasteiger partial charge on any atom is -0.444 e. The summed E-state index contributed by atoms with van der Waals surface area (Å²) in [5.41, 5.74) is 5.78. The number of carbonyl (C=O) groups excluding carboxylic acids is 3. The fourth-order valence-electron chi connectivity index (χ4n) is 10.3. The molecule has 4 aliphatic rings. The number of nitrogens with one attached hydrogen (secondary N) is 2. The molecular weight excluding hydrogens is 1070 g/mol. The van der Waals surface area contributed by atoms with Crippen molar-refractivity contribution >= 4 is 80.5 Å². The molecule has 4 fully saturated rings. The summed E-state index contributed by atoms with van der Waals surface area (Å²) in [6.45, 7) is 8.53. The summed E-state index contributed by atoms with van der Waals surface area (Å²) < 4.78 is 90.6. The summed E-state index contributed by atoms with van der Waals surface area (Å²) in [4.78, 5) is 70.4. The molecule has 0 atom stereocenters. The molecule has 10 rings (SSSR count). The molecule has 80 heavy (non-hydrogen) atoms. The zero-order valence-corrected chi connectivity index (χ0v) is 46.5. The van der Waals surface area contributed by atoms with Crippen molar-refractivity contribution in [1.82, 2.24) is 59.1 Å². The highest BCUT2D eigenvalue weighted by atomic mass is 35.5. The molecule has 20 nitrogen and oxygen atoms in total. The van der Waals surface area contributed by atoms with Crippen molar-refractivity contribution in [2.24, 2.45) is 0 Å². The van der Waals surface area contributed by atoms with Crippen molar-refractivity contribution < 1.29 is 45.5 Å². The van der Waals surface area contributed by atoms with E-state index in [1.807, 2.05) is 10.6 Å². The molecule has 2 saturated carbocycles. The molecule has 8 heterocycles. The van der Waals surface area contributed by atoms with Crippen molar-refractivity contribution in [3.8, 4) is 0 Å². The Morgan fingerprint density at radius 3 is 1.62 bits per heavy atom. The fraction of sp³-hybridized carbons (Fsp3) is 0.528. The Labute approximate surface area is 464 Å². The van der Waals surface area contributed by atoms with E-state index < -0.39 is 35.2 Å². The molecular formula is C53H67ClF6N16O4. The summed E-state index contributed by atoms with van der Waals surface area (Å²) in [6, 6.07) is 5.95. The Hall–Kier alpha value is -7.22. The van der Waals surface area contributed by atoms with E-state index in [2.05, 4.69) is 45.1 Å². The van der Waals surface area contributed by atoms with Crippen molar-refractivity contribution in [2.75, 3.05) is 101 Å². The number of anilines is 5. The van der Waals surface area contributed by atoms with Crippen LogP contribution in [-0.2, 0) is 17.1 Å². The third-order valence-corrected chi connectivity index (χ3v) is 14.3. The lowest BCUT2D eigenvalue weighted by Gasteiger charge is -2.37. The van der Waals surface area contributed by atoms with Gasteiger partial charge in [-0.15, -0.1) is 0 Å². The van der Waals surface area contributed by atoms with Crippen LogP contribution in [0.15, 0.2) is 49.1 Å². The maximum atomic E-state index is 13.9. The second-order valence-corrected chi connectivity index (χ2v) is 21.8. The normalized spacial score (nSPS) is 16.6. The lowest BCUT2D eigenvalue weighted by atomic mass is 10.1. The van der Waals surface area contributed by atoms with Gasteiger partial charge in [-0.05, 0) is 82.3 Å². The van der Waals surface area contributed by atoms with Crippen molar-refractivity contribution in [1.29, 1.82) is 0 Å². The first kappa shape index (κ1) is 58.9. The van der Waals surface area contributed by atoms with Gasteiger partial charge in [0.25, 0.3) is 11.8 Å². The van der Waals surface area contributed by atoms with Crippen molar-refractivity contribution in [3.05, 3.63) is 76.9 Å². The number of nitrogen functional groups attached to an aromatic ring is 1. The van der Waals surface area contributed by atoms with Gasteiger partial charge in [-0.2, -0.15) is 36.3 Å². The first-order valence-electron chi connectivity index (χ1n) is 26.5. The van der Waals surface area contributed by atoms with Crippen LogP contribution in [0.2, 0.25) is 5.28 Å². The van der Waals surface area contributed by atoms with Crippen LogP contribution >= 0.6 is 11.6 Å². The maximum Gasteiger partial charge on any atom is 0.418 e. The first-order valence-corrected chi connectivity index (χ1v) is 26.9. The smallest absolute Gasteiger partial charge is 0.418 e. The van der Waals surface area contributed by atoms with E-state index in [0.717, 1.165) is 67.9 Å². The van der Waals surface area contributed by atoms with Gasteiger partial charge in [0.05, 0.1) is 34.9 Å². The molecule has 0 radical (unpaired) electrons. The summed E-state index contributed by atoms with van der Waals surface area (Å²) in [6.07, 6.45) is 4.69. The minimum atomic E-state index is -4.54. The molecule has 6 aromatic rings. The summed E-state index contributed by atoms with van der Waals surface area (Å²) in [5.74, 6) is -0.192.